The summed E-state index contributed by atoms with van der Waals surface area (Å²) >= 11 is 0. The predicted molar refractivity (Wildman–Crippen MR) is 80.0 cm³/mol. The molecule has 0 bridgehead atoms. The molecule has 1 atom stereocenters. The van der Waals surface area contributed by atoms with Crippen molar-refractivity contribution in [2.45, 2.75) is 19.9 Å². The second-order valence-corrected chi connectivity index (χ2v) is 5.01. The smallest absolute Gasteiger partial charge is 0.253 e. The van der Waals surface area contributed by atoms with Crippen LogP contribution in [0.4, 0.5) is 0 Å². The second kappa shape index (κ2) is 5.36. The highest BCUT2D eigenvalue weighted by Crippen LogP contribution is 2.13. The molecule has 0 aliphatic carbocycles. The normalized spacial score (nSPS) is 12.3. The van der Waals surface area contributed by atoms with Gasteiger partial charge in [0.15, 0.2) is 0 Å². The number of carbonyl (C=O) groups excluding carboxylic acids is 1. The van der Waals surface area contributed by atoms with Crippen molar-refractivity contribution < 1.29 is 4.79 Å². The average Bonchev–Trinajstić information content (AvgIpc) is 2.91. The molecule has 0 saturated carbocycles. The maximum atomic E-state index is 12.3. The van der Waals surface area contributed by atoms with Crippen LogP contribution in [0.25, 0.3) is 5.52 Å². The van der Waals surface area contributed by atoms with Crippen LogP contribution in [0, 0.1) is 6.92 Å². The lowest BCUT2D eigenvalue weighted by Gasteiger charge is -2.13. The minimum atomic E-state index is -0.116. The number of hydrogen-bond acceptors (Lipinski definition) is 3. The molecule has 1 aromatic carbocycles. The first kappa shape index (κ1) is 13.3. The highest BCUT2D eigenvalue weighted by Gasteiger charge is 2.13. The highest BCUT2D eigenvalue weighted by molar-refractivity contribution is 5.95. The van der Waals surface area contributed by atoms with E-state index in [1.54, 1.807) is 23.0 Å². The van der Waals surface area contributed by atoms with Crippen LogP contribution in [0.5, 0.6) is 0 Å². The first-order valence-corrected chi connectivity index (χ1v) is 6.81. The summed E-state index contributed by atoms with van der Waals surface area (Å²) in [7, 11) is 0. The molecule has 0 aliphatic rings. The topological polar surface area (TPSA) is 59.3 Å². The number of carbonyl (C=O) groups is 1. The van der Waals surface area contributed by atoms with Crippen molar-refractivity contribution in [3.05, 3.63) is 65.7 Å². The summed E-state index contributed by atoms with van der Waals surface area (Å²) in [5.74, 6) is 0.553. The van der Waals surface area contributed by atoms with E-state index in [2.05, 4.69) is 15.4 Å². The van der Waals surface area contributed by atoms with Crippen molar-refractivity contribution in [1.29, 1.82) is 0 Å². The molecule has 106 valence electrons. The summed E-state index contributed by atoms with van der Waals surface area (Å²) in [5.41, 5.74) is 2.46. The Hall–Kier alpha value is -2.69. The summed E-state index contributed by atoms with van der Waals surface area (Å²) in [4.78, 5) is 16.4. The van der Waals surface area contributed by atoms with Gasteiger partial charge in [-0.2, -0.15) is 5.10 Å². The van der Waals surface area contributed by atoms with Crippen molar-refractivity contribution >= 4 is 11.4 Å². The van der Waals surface area contributed by atoms with Gasteiger partial charge in [-0.1, -0.05) is 30.3 Å². The van der Waals surface area contributed by atoms with Gasteiger partial charge in [0.2, 0.25) is 0 Å². The van der Waals surface area contributed by atoms with E-state index in [1.165, 1.54) is 0 Å². The molecule has 21 heavy (non-hydrogen) atoms. The zero-order valence-corrected chi connectivity index (χ0v) is 11.9. The number of nitrogens with one attached hydrogen (secondary N) is 1. The third-order valence-corrected chi connectivity index (χ3v) is 3.37. The van der Waals surface area contributed by atoms with Crippen LogP contribution < -0.4 is 5.32 Å². The molecule has 2 aromatic heterocycles. The predicted octanol–water partition coefficient (Wildman–Crippen LogP) is 2.53. The molecule has 0 unspecified atom stereocenters. The summed E-state index contributed by atoms with van der Waals surface area (Å²) in [6.45, 7) is 3.78. The number of amides is 1. The van der Waals surface area contributed by atoms with Gasteiger partial charge >= 0.3 is 0 Å². The summed E-state index contributed by atoms with van der Waals surface area (Å²) in [5, 5.41) is 7.23. The Morgan fingerprint density at radius 2 is 2.05 bits per heavy atom. The van der Waals surface area contributed by atoms with E-state index in [9.17, 15) is 4.79 Å². The Kier molecular flexibility index (Phi) is 3.39. The monoisotopic (exact) mass is 280 g/mol. The van der Waals surface area contributed by atoms with E-state index >= 15 is 0 Å². The SMILES string of the molecule is Cc1ncc2cc(C(=O)N[C@@H](C)c3ccccc3)cn2n1. The van der Waals surface area contributed by atoms with Gasteiger partial charge in [-0.05, 0) is 25.5 Å². The van der Waals surface area contributed by atoms with Gasteiger partial charge in [-0.3, -0.25) is 4.79 Å². The van der Waals surface area contributed by atoms with Crippen molar-refractivity contribution in [1.82, 2.24) is 19.9 Å². The van der Waals surface area contributed by atoms with Crippen molar-refractivity contribution in [3.8, 4) is 0 Å². The third kappa shape index (κ3) is 2.76. The fraction of sp³-hybridized carbons (Fsp3) is 0.188. The lowest BCUT2D eigenvalue weighted by atomic mass is 10.1. The molecular weight excluding hydrogens is 264 g/mol. The molecule has 5 heteroatoms. The fourth-order valence-corrected chi connectivity index (χ4v) is 2.22. The molecule has 0 spiro atoms. The number of aryl methyl sites for hydroxylation is 1. The standard InChI is InChI=1S/C16H16N4O/c1-11(13-6-4-3-5-7-13)18-16(21)14-8-15-9-17-12(2)19-20(15)10-14/h3-11H,1-2H3,(H,18,21)/t11-/m0/s1. The van der Waals surface area contributed by atoms with Crippen LogP contribution in [-0.4, -0.2) is 20.5 Å². The minimum absolute atomic E-state index is 0.0467. The Bertz CT molecular complexity index is 779. The molecule has 1 N–H and O–H groups in total. The Labute approximate surface area is 122 Å². The van der Waals surface area contributed by atoms with Crippen molar-refractivity contribution in [2.24, 2.45) is 0 Å². The maximum absolute atomic E-state index is 12.3. The first-order chi connectivity index (χ1) is 10.1. The quantitative estimate of drug-likeness (QED) is 0.802. The number of rotatable bonds is 3. The van der Waals surface area contributed by atoms with Crippen LogP contribution >= 0.6 is 0 Å². The van der Waals surface area contributed by atoms with E-state index in [4.69, 9.17) is 0 Å². The highest BCUT2D eigenvalue weighted by atomic mass is 16.1. The second-order valence-electron chi connectivity index (χ2n) is 5.01. The van der Waals surface area contributed by atoms with Gasteiger partial charge in [0.05, 0.1) is 23.3 Å². The molecule has 5 nitrogen and oxygen atoms in total. The van der Waals surface area contributed by atoms with Crippen LogP contribution in [-0.2, 0) is 0 Å². The number of fused-ring (bicyclic) bond motifs is 1. The maximum Gasteiger partial charge on any atom is 0.253 e. The number of benzene rings is 1. The van der Waals surface area contributed by atoms with E-state index in [0.29, 0.717) is 11.4 Å². The van der Waals surface area contributed by atoms with Crippen molar-refractivity contribution in [3.63, 3.8) is 0 Å². The number of nitrogens with zero attached hydrogens (tertiary/aromatic N) is 3. The summed E-state index contributed by atoms with van der Waals surface area (Å²) in [6, 6.07) is 11.6. The Balaban J connectivity index is 1.80. The van der Waals surface area contributed by atoms with Crippen LogP contribution in [0.2, 0.25) is 0 Å². The van der Waals surface area contributed by atoms with E-state index in [1.807, 2.05) is 44.2 Å². The minimum Gasteiger partial charge on any atom is -0.345 e. The molecular formula is C16H16N4O. The number of aromatic nitrogens is 3. The zero-order chi connectivity index (χ0) is 14.8. The molecule has 0 radical (unpaired) electrons. The largest absolute Gasteiger partial charge is 0.345 e. The van der Waals surface area contributed by atoms with Gasteiger partial charge < -0.3 is 5.32 Å². The van der Waals surface area contributed by atoms with Gasteiger partial charge in [0.25, 0.3) is 5.91 Å². The fourth-order valence-electron chi connectivity index (χ4n) is 2.22. The van der Waals surface area contributed by atoms with E-state index in [0.717, 1.165) is 11.1 Å². The summed E-state index contributed by atoms with van der Waals surface area (Å²) < 4.78 is 1.67. The van der Waals surface area contributed by atoms with Crippen LogP contribution in [0.3, 0.4) is 0 Å². The average molecular weight is 280 g/mol. The van der Waals surface area contributed by atoms with E-state index in [-0.39, 0.29) is 11.9 Å². The number of hydrogen-bond donors (Lipinski definition) is 1. The summed E-state index contributed by atoms with van der Waals surface area (Å²) in [6.07, 6.45) is 3.43. The molecule has 1 amide bonds. The zero-order valence-electron chi connectivity index (χ0n) is 11.9. The lowest BCUT2D eigenvalue weighted by molar-refractivity contribution is 0.0940. The van der Waals surface area contributed by atoms with Crippen LogP contribution in [0.15, 0.2) is 48.8 Å². The molecule has 0 aliphatic heterocycles. The first-order valence-electron chi connectivity index (χ1n) is 6.81. The van der Waals surface area contributed by atoms with Gasteiger partial charge in [-0.15, -0.1) is 0 Å². The van der Waals surface area contributed by atoms with Gasteiger partial charge in [0, 0.05) is 6.20 Å². The molecule has 2 heterocycles. The van der Waals surface area contributed by atoms with E-state index < -0.39 is 0 Å². The molecule has 0 saturated heterocycles. The lowest BCUT2D eigenvalue weighted by Crippen LogP contribution is -2.26. The van der Waals surface area contributed by atoms with Gasteiger partial charge in [-0.25, -0.2) is 9.50 Å². The molecule has 3 aromatic rings. The Morgan fingerprint density at radius 3 is 2.81 bits per heavy atom. The molecule has 3 rings (SSSR count). The van der Waals surface area contributed by atoms with Crippen LogP contribution in [0.1, 0.15) is 34.7 Å². The third-order valence-electron chi connectivity index (χ3n) is 3.37. The van der Waals surface area contributed by atoms with Gasteiger partial charge in [0.1, 0.15) is 5.82 Å². The Morgan fingerprint density at radius 1 is 1.29 bits per heavy atom. The van der Waals surface area contributed by atoms with Crippen molar-refractivity contribution in [2.75, 3.05) is 0 Å². The molecule has 0 fully saturated rings.